The van der Waals surface area contributed by atoms with Crippen molar-refractivity contribution in [2.45, 2.75) is 47.3 Å². The van der Waals surface area contributed by atoms with Gasteiger partial charge in [-0.1, -0.05) is 70.8 Å². The molecule has 4 aromatic carbocycles. The van der Waals surface area contributed by atoms with Crippen LogP contribution in [0.1, 0.15) is 22.3 Å². The third-order valence-corrected chi connectivity index (χ3v) is 17.4. The first kappa shape index (κ1) is 45.5. The van der Waals surface area contributed by atoms with E-state index in [2.05, 4.69) is 0 Å². The fourth-order valence-electron chi connectivity index (χ4n) is 6.16. The first-order valence-corrected chi connectivity index (χ1v) is 24.6. The van der Waals surface area contributed by atoms with Crippen LogP contribution in [-0.2, 0) is 49.6 Å². The van der Waals surface area contributed by atoms with Crippen molar-refractivity contribution in [3.8, 4) is 0 Å². The molecule has 14 nitrogen and oxygen atoms in total. The van der Waals surface area contributed by atoms with Crippen LogP contribution in [0.5, 0.6) is 0 Å². The average molecular weight is 877 g/mol. The minimum atomic E-state index is -4.13. The number of sulfonamides is 4. The second kappa shape index (κ2) is 19.7. The lowest BCUT2D eigenvalue weighted by atomic mass is 10.2. The molecule has 0 bridgehead atoms. The number of nitrogens with zero attached hydrogens (tertiary/aromatic N) is 4. The lowest BCUT2D eigenvalue weighted by Gasteiger charge is -2.29. The summed E-state index contributed by atoms with van der Waals surface area (Å²) in [5, 5.41) is 0. The van der Waals surface area contributed by atoms with Crippen molar-refractivity contribution in [2.24, 2.45) is 0 Å². The van der Waals surface area contributed by atoms with E-state index in [9.17, 15) is 33.7 Å². The van der Waals surface area contributed by atoms with E-state index < -0.39 is 40.1 Å². The molecule has 0 aromatic heterocycles. The summed E-state index contributed by atoms with van der Waals surface area (Å²) in [6.45, 7) is 5.13. The van der Waals surface area contributed by atoms with Gasteiger partial charge in [-0.25, -0.2) is 33.7 Å². The Labute approximate surface area is 344 Å². The number of hydrogen-bond acceptors (Lipinski definition) is 10. The highest BCUT2D eigenvalue weighted by Gasteiger charge is 2.32. The lowest BCUT2D eigenvalue weighted by molar-refractivity contribution is 0.0997. The molecule has 5 rings (SSSR count). The average Bonchev–Trinajstić information content (AvgIpc) is 3.18. The molecule has 0 unspecified atom stereocenters. The summed E-state index contributed by atoms with van der Waals surface area (Å²) < 4.78 is 129. The van der Waals surface area contributed by atoms with Crippen LogP contribution < -0.4 is 0 Å². The molecule has 0 saturated carbocycles. The van der Waals surface area contributed by atoms with Gasteiger partial charge in [0.25, 0.3) is 0 Å². The van der Waals surface area contributed by atoms with Gasteiger partial charge in [0.05, 0.1) is 46.0 Å². The van der Waals surface area contributed by atoms with Crippen LogP contribution >= 0.6 is 0 Å². The number of rotatable bonds is 8. The van der Waals surface area contributed by atoms with Crippen molar-refractivity contribution in [2.75, 3.05) is 78.8 Å². The Morgan fingerprint density at radius 2 is 0.483 bits per heavy atom. The Morgan fingerprint density at radius 3 is 0.655 bits per heavy atom. The molecule has 1 heterocycles. The highest BCUT2D eigenvalue weighted by molar-refractivity contribution is 7.90. The molecule has 58 heavy (non-hydrogen) atoms. The smallest absolute Gasteiger partial charge is 0.243 e. The van der Waals surface area contributed by atoms with E-state index in [1.807, 2.05) is 27.7 Å². The minimum Gasteiger partial charge on any atom is -0.379 e. The van der Waals surface area contributed by atoms with Crippen LogP contribution in [0.2, 0.25) is 0 Å². The van der Waals surface area contributed by atoms with Gasteiger partial charge < -0.3 is 9.47 Å². The van der Waals surface area contributed by atoms with E-state index in [0.717, 1.165) is 39.5 Å². The Hall–Kier alpha value is -3.56. The molecule has 18 heteroatoms. The predicted octanol–water partition coefficient (Wildman–Crippen LogP) is 4.03. The summed E-state index contributed by atoms with van der Waals surface area (Å²) in [5.41, 5.74) is 3.44. The minimum absolute atomic E-state index is 0.0250. The number of ether oxygens (including phenoxy) is 2. The molecular formula is C40H52N4O10S4. The van der Waals surface area contributed by atoms with E-state index in [4.69, 9.17) is 9.47 Å². The zero-order valence-corrected chi connectivity index (χ0v) is 36.5. The van der Waals surface area contributed by atoms with E-state index in [1.54, 1.807) is 48.5 Å². The molecule has 0 N–H and O–H groups in total. The summed E-state index contributed by atoms with van der Waals surface area (Å²) in [5.74, 6) is 0. The van der Waals surface area contributed by atoms with Gasteiger partial charge in [-0.3, -0.25) is 0 Å². The van der Waals surface area contributed by atoms with Crippen molar-refractivity contribution >= 4 is 40.1 Å². The molecule has 0 spiro atoms. The van der Waals surface area contributed by atoms with Crippen molar-refractivity contribution in [3.63, 3.8) is 0 Å². The van der Waals surface area contributed by atoms with Gasteiger partial charge in [0.15, 0.2) is 0 Å². The quantitative estimate of drug-likeness (QED) is 0.252. The van der Waals surface area contributed by atoms with Crippen LogP contribution in [0.3, 0.4) is 0 Å². The molecule has 316 valence electrons. The van der Waals surface area contributed by atoms with E-state index in [0.29, 0.717) is 0 Å². The molecule has 4 aromatic rings. The molecule has 0 amide bonds. The second-order valence-corrected chi connectivity index (χ2v) is 21.8. The number of benzene rings is 4. The molecule has 0 aliphatic carbocycles. The standard InChI is InChI=1S/C40H52N4O10S4/c1-33-5-13-37(14-6-33)55(45,46)41-21-22-42(56(47,48)38-15-7-34(2)8-16-38)26-31-54-32-28-44(58(51,52)40-19-11-36(4)12-20-40)24-23-43(27-30-53-29-25-41)57(49,50)39-17-9-35(3)10-18-39/h5-20H,21-32H2,1-4H3. The topological polar surface area (TPSA) is 168 Å². The second-order valence-electron chi connectivity index (χ2n) is 14.1. The van der Waals surface area contributed by atoms with Gasteiger partial charge in [0.1, 0.15) is 0 Å². The largest absolute Gasteiger partial charge is 0.379 e. The zero-order chi connectivity index (χ0) is 42.1. The van der Waals surface area contributed by atoms with Crippen molar-refractivity contribution < 1.29 is 43.1 Å². The van der Waals surface area contributed by atoms with E-state index in [-0.39, 0.29) is 98.4 Å². The van der Waals surface area contributed by atoms with Crippen LogP contribution in [0.4, 0.5) is 0 Å². The first-order valence-electron chi connectivity index (χ1n) is 18.9. The SMILES string of the molecule is Cc1ccc(S(=O)(=O)N2CCOCCN(S(=O)(=O)c3ccc(C)cc3)CCN(S(=O)(=O)c3ccc(C)cc3)CCOCCN(S(=O)(=O)c3ccc(C)cc3)CC2)cc1. The van der Waals surface area contributed by atoms with Gasteiger partial charge in [-0.15, -0.1) is 0 Å². The maximum absolute atomic E-state index is 14.0. The van der Waals surface area contributed by atoms with E-state index >= 15 is 0 Å². The summed E-state index contributed by atoms with van der Waals surface area (Å²) >= 11 is 0. The van der Waals surface area contributed by atoms with Crippen molar-refractivity contribution in [3.05, 3.63) is 119 Å². The van der Waals surface area contributed by atoms with Gasteiger partial charge in [-0.05, 0) is 76.2 Å². The lowest BCUT2D eigenvalue weighted by Crippen LogP contribution is -2.45. The van der Waals surface area contributed by atoms with Crippen LogP contribution in [0.25, 0.3) is 0 Å². The molecule has 0 radical (unpaired) electrons. The summed E-state index contributed by atoms with van der Waals surface area (Å²) in [4.78, 5) is 0.100. The maximum Gasteiger partial charge on any atom is 0.243 e. The van der Waals surface area contributed by atoms with Gasteiger partial charge in [-0.2, -0.15) is 17.2 Å². The highest BCUT2D eigenvalue weighted by atomic mass is 32.2. The Balaban J connectivity index is 1.47. The first-order chi connectivity index (χ1) is 27.4. The molecule has 1 saturated heterocycles. The van der Waals surface area contributed by atoms with Crippen LogP contribution in [-0.4, -0.2) is 130 Å². The Morgan fingerprint density at radius 1 is 0.310 bits per heavy atom. The van der Waals surface area contributed by atoms with Crippen molar-refractivity contribution in [1.29, 1.82) is 0 Å². The van der Waals surface area contributed by atoms with Gasteiger partial charge in [0, 0.05) is 52.4 Å². The maximum atomic E-state index is 14.0. The summed E-state index contributed by atoms with van der Waals surface area (Å²) in [7, 11) is -16.5. The number of hydrogen-bond donors (Lipinski definition) is 0. The highest BCUT2D eigenvalue weighted by Crippen LogP contribution is 2.22. The fourth-order valence-corrected chi connectivity index (χ4v) is 11.8. The third-order valence-electron chi connectivity index (χ3n) is 9.77. The van der Waals surface area contributed by atoms with E-state index in [1.165, 1.54) is 48.5 Å². The molecule has 0 atom stereocenters. The Kier molecular flexibility index (Phi) is 15.4. The monoisotopic (exact) mass is 876 g/mol. The molecule has 1 aliphatic heterocycles. The summed E-state index contributed by atoms with van der Waals surface area (Å²) in [6, 6.07) is 25.3. The Bertz CT molecular complexity index is 2070. The third kappa shape index (κ3) is 11.4. The van der Waals surface area contributed by atoms with Gasteiger partial charge in [0.2, 0.25) is 40.1 Å². The molecule has 1 aliphatic rings. The molecular weight excluding hydrogens is 825 g/mol. The zero-order valence-electron chi connectivity index (χ0n) is 33.2. The molecule has 1 fully saturated rings. The normalized spacial score (nSPS) is 18.0. The number of aryl methyl sites for hydroxylation is 4. The van der Waals surface area contributed by atoms with Crippen LogP contribution in [0.15, 0.2) is 117 Å². The predicted molar refractivity (Wildman–Crippen MR) is 221 cm³/mol. The van der Waals surface area contributed by atoms with Gasteiger partial charge >= 0.3 is 0 Å². The summed E-state index contributed by atoms with van der Waals surface area (Å²) in [6.07, 6.45) is 0. The fraction of sp³-hybridized carbons (Fsp3) is 0.400. The van der Waals surface area contributed by atoms with Crippen LogP contribution in [0, 0.1) is 27.7 Å². The van der Waals surface area contributed by atoms with Crippen molar-refractivity contribution in [1.82, 2.24) is 17.2 Å².